The van der Waals surface area contributed by atoms with Gasteiger partial charge in [0.05, 0.1) is 13.2 Å². The Bertz CT molecular complexity index is 465. The van der Waals surface area contributed by atoms with Crippen LogP contribution >= 0.6 is 0 Å². The third-order valence-electron chi connectivity index (χ3n) is 3.38. The molecule has 5 nitrogen and oxygen atoms in total. The van der Waals surface area contributed by atoms with Crippen molar-refractivity contribution in [3.63, 3.8) is 0 Å². The van der Waals surface area contributed by atoms with Crippen LogP contribution in [0.25, 0.3) is 6.08 Å². The molecule has 0 aromatic heterocycles. The van der Waals surface area contributed by atoms with Crippen molar-refractivity contribution in [3.8, 4) is 0 Å². The van der Waals surface area contributed by atoms with Gasteiger partial charge >= 0.3 is 6.03 Å². The number of morpholine rings is 1. The number of benzene rings is 1. The fourth-order valence-electron chi connectivity index (χ4n) is 2.09. The summed E-state index contributed by atoms with van der Waals surface area (Å²) in [5.74, 6) is 0. The lowest BCUT2D eigenvalue weighted by Crippen LogP contribution is -2.42. The molecule has 1 aliphatic heterocycles. The summed E-state index contributed by atoms with van der Waals surface area (Å²) in [6.45, 7) is 7.00. The fourth-order valence-corrected chi connectivity index (χ4v) is 2.09. The quantitative estimate of drug-likeness (QED) is 0.865. The molecule has 0 radical (unpaired) electrons. The molecule has 1 aromatic rings. The Balaban J connectivity index is 1.61. The van der Waals surface area contributed by atoms with Crippen LogP contribution in [-0.2, 0) is 4.74 Å². The standard InChI is InChI=1S/C16H23N3O2/c1-14-2-4-15(5-3-14)6-7-17-16(20)18-8-9-19-10-12-21-13-11-19/h2-7H,8-13H2,1H3,(H2,17,18,20)/b7-6+. The predicted molar refractivity (Wildman–Crippen MR) is 84.0 cm³/mol. The second-order valence-corrected chi connectivity index (χ2v) is 5.10. The zero-order valence-electron chi connectivity index (χ0n) is 12.5. The van der Waals surface area contributed by atoms with Gasteiger partial charge in [-0.25, -0.2) is 4.79 Å². The summed E-state index contributed by atoms with van der Waals surface area (Å²) < 4.78 is 5.28. The monoisotopic (exact) mass is 289 g/mol. The molecular weight excluding hydrogens is 266 g/mol. The van der Waals surface area contributed by atoms with Crippen LogP contribution in [0, 0.1) is 6.92 Å². The van der Waals surface area contributed by atoms with Crippen LogP contribution in [-0.4, -0.2) is 50.3 Å². The van der Waals surface area contributed by atoms with E-state index in [9.17, 15) is 4.79 Å². The van der Waals surface area contributed by atoms with E-state index >= 15 is 0 Å². The number of rotatable bonds is 5. The molecule has 114 valence electrons. The van der Waals surface area contributed by atoms with Gasteiger partial charge in [0.2, 0.25) is 0 Å². The Morgan fingerprint density at radius 3 is 2.71 bits per heavy atom. The first-order valence-corrected chi connectivity index (χ1v) is 7.32. The molecule has 1 fully saturated rings. The number of urea groups is 1. The molecule has 1 heterocycles. The number of amides is 2. The maximum absolute atomic E-state index is 11.6. The van der Waals surface area contributed by atoms with Crippen LogP contribution in [0.1, 0.15) is 11.1 Å². The smallest absolute Gasteiger partial charge is 0.318 e. The normalized spacial score (nSPS) is 16.0. The Morgan fingerprint density at radius 1 is 1.29 bits per heavy atom. The summed E-state index contributed by atoms with van der Waals surface area (Å²) >= 11 is 0. The van der Waals surface area contributed by atoms with Gasteiger partial charge in [-0.2, -0.15) is 0 Å². The van der Waals surface area contributed by atoms with Crippen molar-refractivity contribution >= 4 is 12.1 Å². The highest BCUT2D eigenvalue weighted by Gasteiger charge is 2.09. The number of carbonyl (C=O) groups excluding carboxylic acids is 1. The van der Waals surface area contributed by atoms with E-state index < -0.39 is 0 Å². The van der Waals surface area contributed by atoms with E-state index in [1.807, 2.05) is 37.3 Å². The minimum absolute atomic E-state index is 0.174. The molecule has 0 unspecified atom stereocenters. The van der Waals surface area contributed by atoms with Crippen molar-refractivity contribution in [2.24, 2.45) is 0 Å². The lowest BCUT2D eigenvalue weighted by atomic mass is 10.1. The van der Waals surface area contributed by atoms with Gasteiger partial charge in [0.1, 0.15) is 0 Å². The van der Waals surface area contributed by atoms with Gasteiger partial charge in [-0.05, 0) is 18.6 Å². The average molecular weight is 289 g/mol. The molecule has 0 atom stereocenters. The van der Waals surface area contributed by atoms with Crippen molar-refractivity contribution in [1.29, 1.82) is 0 Å². The number of hydrogen-bond acceptors (Lipinski definition) is 3. The van der Waals surface area contributed by atoms with Crippen molar-refractivity contribution in [1.82, 2.24) is 15.5 Å². The topological polar surface area (TPSA) is 53.6 Å². The predicted octanol–water partition coefficient (Wildman–Crippen LogP) is 1.60. The van der Waals surface area contributed by atoms with Crippen LogP contribution < -0.4 is 10.6 Å². The highest BCUT2D eigenvalue weighted by molar-refractivity contribution is 5.75. The number of nitrogens with one attached hydrogen (secondary N) is 2. The second kappa shape index (κ2) is 8.44. The zero-order chi connectivity index (χ0) is 14.9. The number of aryl methyl sites for hydroxylation is 1. The van der Waals surface area contributed by atoms with Gasteiger partial charge in [-0.1, -0.05) is 29.8 Å². The minimum Gasteiger partial charge on any atom is -0.379 e. The fraction of sp³-hybridized carbons (Fsp3) is 0.438. The first kappa shape index (κ1) is 15.5. The van der Waals surface area contributed by atoms with Crippen molar-refractivity contribution < 1.29 is 9.53 Å². The molecule has 0 saturated carbocycles. The van der Waals surface area contributed by atoms with E-state index in [-0.39, 0.29) is 6.03 Å². The lowest BCUT2D eigenvalue weighted by Gasteiger charge is -2.26. The SMILES string of the molecule is Cc1ccc(/C=C/NC(=O)NCCN2CCOCC2)cc1. The second-order valence-electron chi connectivity index (χ2n) is 5.10. The molecule has 21 heavy (non-hydrogen) atoms. The van der Waals surface area contributed by atoms with E-state index in [4.69, 9.17) is 4.74 Å². The third-order valence-corrected chi connectivity index (χ3v) is 3.38. The highest BCUT2D eigenvalue weighted by atomic mass is 16.5. The van der Waals surface area contributed by atoms with Crippen LogP contribution in [0.4, 0.5) is 4.79 Å². The number of hydrogen-bond donors (Lipinski definition) is 2. The van der Waals surface area contributed by atoms with Crippen molar-refractivity contribution in [3.05, 3.63) is 41.6 Å². The molecular formula is C16H23N3O2. The molecule has 2 amide bonds. The Hall–Kier alpha value is -1.85. The number of carbonyl (C=O) groups is 1. The largest absolute Gasteiger partial charge is 0.379 e. The molecule has 1 aliphatic rings. The lowest BCUT2D eigenvalue weighted by molar-refractivity contribution is 0.0387. The molecule has 0 spiro atoms. The first-order valence-electron chi connectivity index (χ1n) is 7.32. The van der Waals surface area contributed by atoms with E-state index in [2.05, 4.69) is 15.5 Å². The molecule has 2 rings (SSSR count). The maximum atomic E-state index is 11.6. The van der Waals surface area contributed by atoms with Gasteiger partial charge in [-0.15, -0.1) is 0 Å². The highest BCUT2D eigenvalue weighted by Crippen LogP contribution is 2.04. The van der Waals surface area contributed by atoms with E-state index in [0.717, 1.165) is 38.4 Å². The van der Waals surface area contributed by atoms with E-state index in [1.54, 1.807) is 6.20 Å². The van der Waals surface area contributed by atoms with Gasteiger partial charge < -0.3 is 15.4 Å². The Morgan fingerprint density at radius 2 is 2.00 bits per heavy atom. The molecule has 1 saturated heterocycles. The summed E-state index contributed by atoms with van der Waals surface area (Å²) in [6, 6.07) is 7.95. The molecule has 5 heteroatoms. The number of ether oxygens (including phenoxy) is 1. The summed E-state index contributed by atoms with van der Waals surface area (Å²) in [5, 5.41) is 5.55. The number of nitrogens with zero attached hydrogens (tertiary/aromatic N) is 1. The summed E-state index contributed by atoms with van der Waals surface area (Å²) in [4.78, 5) is 13.9. The summed E-state index contributed by atoms with van der Waals surface area (Å²) in [5.41, 5.74) is 2.29. The van der Waals surface area contributed by atoms with Gasteiger partial charge in [0.25, 0.3) is 0 Å². The average Bonchev–Trinajstić information content (AvgIpc) is 2.50. The van der Waals surface area contributed by atoms with Crippen LogP contribution in [0.2, 0.25) is 0 Å². The van der Waals surface area contributed by atoms with Crippen LogP contribution in [0.15, 0.2) is 30.5 Å². The Kier molecular flexibility index (Phi) is 6.24. The van der Waals surface area contributed by atoms with Crippen molar-refractivity contribution in [2.75, 3.05) is 39.4 Å². The van der Waals surface area contributed by atoms with Crippen LogP contribution in [0.3, 0.4) is 0 Å². The zero-order valence-corrected chi connectivity index (χ0v) is 12.5. The molecule has 2 N–H and O–H groups in total. The van der Waals surface area contributed by atoms with Gasteiger partial charge in [0.15, 0.2) is 0 Å². The van der Waals surface area contributed by atoms with Gasteiger partial charge in [0, 0.05) is 32.4 Å². The van der Waals surface area contributed by atoms with E-state index in [1.165, 1.54) is 5.56 Å². The van der Waals surface area contributed by atoms with Crippen LogP contribution in [0.5, 0.6) is 0 Å². The minimum atomic E-state index is -0.174. The maximum Gasteiger partial charge on any atom is 0.318 e. The third kappa shape index (κ3) is 5.97. The molecule has 0 bridgehead atoms. The summed E-state index contributed by atoms with van der Waals surface area (Å²) in [6.07, 6.45) is 3.54. The summed E-state index contributed by atoms with van der Waals surface area (Å²) in [7, 11) is 0. The van der Waals surface area contributed by atoms with Crippen molar-refractivity contribution in [2.45, 2.75) is 6.92 Å². The first-order chi connectivity index (χ1) is 10.2. The van der Waals surface area contributed by atoms with Gasteiger partial charge in [-0.3, -0.25) is 4.90 Å². The van der Waals surface area contributed by atoms with E-state index in [0.29, 0.717) is 6.54 Å². The molecule has 0 aliphatic carbocycles. The Labute approximate surface area is 126 Å². The molecule has 1 aromatic carbocycles.